The molecular formula is C12H12Cl2O2. The summed E-state index contributed by atoms with van der Waals surface area (Å²) < 4.78 is 5.09. The van der Waals surface area contributed by atoms with Crippen molar-refractivity contribution >= 4 is 29.2 Å². The second kappa shape index (κ2) is 5.92. The Kier molecular flexibility index (Phi) is 4.84. The van der Waals surface area contributed by atoms with Crippen molar-refractivity contribution in [2.75, 3.05) is 0 Å². The van der Waals surface area contributed by atoms with Crippen LogP contribution in [0.15, 0.2) is 30.9 Å². The molecule has 2 nitrogen and oxygen atoms in total. The summed E-state index contributed by atoms with van der Waals surface area (Å²) in [4.78, 5) is 10.1. The molecule has 0 aliphatic heterocycles. The number of carbonyl (C=O) groups excluding carboxylic acids is 1. The normalized spacial score (nSPS) is 10.2. The minimum atomic E-state index is -1.17. The van der Waals surface area contributed by atoms with Crippen molar-refractivity contribution in [3.8, 4) is 5.75 Å². The van der Waals surface area contributed by atoms with Crippen LogP contribution in [0.5, 0.6) is 5.75 Å². The van der Waals surface area contributed by atoms with Gasteiger partial charge in [-0.2, -0.15) is 0 Å². The summed E-state index contributed by atoms with van der Waals surface area (Å²) in [6.45, 7) is 5.55. The van der Waals surface area contributed by atoms with Gasteiger partial charge in [-0.15, -0.1) is 6.58 Å². The number of alkyl halides is 2. The molecule has 0 N–H and O–H groups in total. The SMILES string of the molecule is C=CCc1ccc(C)cc1OC(=O)C(Cl)Cl. The first-order valence-corrected chi connectivity index (χ1v) is 5.62. The van der Waals surface area contributed by atoms with Gasteiger partial charge < -0.3 is 4.74 Å². The molecule has 0 aliphatic carbocycles. The van der Waals surface area contributed by atoms with E-state index < -0.39 is 10.8 Å². The molecular weight excluding hydrogens is 247 g/mol. The molecule has 0 saturated carbocycles. The topological polar surface area (TPSA) is 26.3 Å². The number of benzene rings is 1. The number of halogens is 2. The van der Waals surface area contributed by atoms with Crippen LogP contribution < -0.4 is 4.74 Å². The Bertz CT molecular complexity index is 400. The first-order valence-electron chi connectivity index (χ1n) is 4.75. The van der Waals surface area contributed by atoms with Gasteiger partial charge in [-0.1, -0.05) is 41.4 Å². The predicted molar refractivity (Wildman–Crippen MR) is 66.2 cm³/mol. The zero-order chi connectivity index (χ0) is 12.1. The fraction of sp³-hybridized carbons (Fsp3) is 0.250. The molecule has 0 bridgehead atoms. The average molecular weight is 259 g/mol. The highest BCUT2D eigenvalue weighted by Gasteiger charge is 2.15. The lowest BCUT2D eigenvalue weighted by molar-refractivity contribution is -0.132. The van der Waals surface area contributed by atoms with E-state index in [1.54, 1.807) is 12.1 Å². The van der Waals surface area contributed by atoms with Crippen molar-refractivity contribution in [1.29, 1.82) is 0 Å². The Morgan fingerprint density at radius 1 is 1.56 bits per heavy atom. The molecule has 1 aromatic carbocycles. The van der Waals surface area contributed by atoms with Gasteiger partial charge in [0.05, 0.1) is 0 Å². The summed E-state index contributed by atoms with van der Waals surface area (Å²) in [7, 11) is 0. The summed E-state index contributed by atoms with van der Waals surface area (Å²) in [5, 5.41) is 0. The minimum Gasteiger partial charge on any atom is -0.424 e. The Morgan fingerprint density at radius 3 is 2.81 bits per heavy atom. The van der Waals surface area contributed by atoms with E-state index >= 15 is 0 Å². The lowest BCUT2D eigenvalue weighted by Crippen LogP contribution is -2.16. The van der Waals surface area contributed by atoms with Gasteiger partial charge in [0, 0.05) is 0 Å². The summed E-state index contributed by atoms with van der Waals surface area (Å²) in [6, 6.07) is 5.60. The van der Waals surface area contributed by atoms with Crippen LogP contribution in [0.2, 0.25) is 0 Å². The Labute approximate surface area is 105 Å². The second-order valence-electron chi connectivity index (χ2n) is 3.33. The highest BCUT2D eigenvalue weighted by Crippen LogP contribution is 2.22. The van der Waals surface area contributed by atoms with Gasteiger partial charge in [0.2, 0.25) is 4.84 Å². The maximum Gasteiger partial charge on any atom is 0.344 e. The first-order chi connectivity index (χ1) is 7.54. The number of ether oxygens (including phenoxy) is 1. The van der Waals surface area contributed by atoms with Crippen LogP contribution in [0.4, 0.5) is 0 Å². The van der Waals surface area contributed by atoms with E-state index in [0.717, 1.165) is 11.1 Å². The molecule has 0 unspecified atom stereocenters. The summed E-state index contributed by atoms with van der Waals surface area (Å²) in [5.74, 6) is -0.185. The van der Waals surface area contributed by atoms with Crippen molar-refractivity contribution in [3.05, 3.63) is 42.0 Å². The number of hydrogen-bond acceptors (Lipinski definition) is 2. The highest BCUT2D eigenvalue weighted by atomic mass is 35.5. The Morgan fingerprint density at radius 2 is 2.25 bits per heavy atom. The largest absolute Gasteiger partial charge is 0.424 e. The van der Waals surface area contributed by atoms with Crippen LogP contribution in [0.25, 0.3) is 0 Å². The van der Waals surface area contributed by atoms with Crippen LogP contribution in [-0.4, -0.2) is 10.8 Å². The van der Waals surface area contributed by atoms with Crippen molar-refractivity contribution in [3.63, 3.8) is 0 Å². The maximum absolute atomic E-state index is 11.3. The molecule has 1 rings (SSSR count). The fourth-order valence-corrected chi connectivity index (χ4v) is 1.32. The maximum atomic E-state index is 11.3. The van der Waals surface area contributed by atoms with E-state index in [4.69, 9.17) is 27.9 Å². The van der Waals surface area contributed by atoms with E-state index in [-0.39, 0.29) is 0 Å². The van der Waals surface area contributed by atoms with Crippen LogP contribution >= 0.6 is 23.2 Å². The standard InChI is InChI=1S/C12H12Cl2O2/c1-3-4-9-6-5-8(2)7-10(9)16-12(15)11(13)14/h3,5-7,11H,1,4H2,2H3. The Balaban J connectivity index is 2.95. The minimum absolute atomic E-state index is 0.483. The molecule has 86 valence electrons. The van der Waals surface area contributed by atoms with E-state index in [0.29, 0.717) is 12.2 Å². The summed E-state index contributed by atoms with van der Waals surface area (Å²) in [5.41, 5.74) is 1.87. The molecule has 1 aromatic rings. The molecule has 0 fully saturated rings. The van der Waals surface area contributed by atoms with E-state index in [9.17, 15) is 4.79 Å². The van der Waals surface area contributed by atoms with Gasteiger partial charge in [-0.3, -0.25) is 0 Å². The molecule has 0 aromatic heterocycles. The third-order valence-electron chi connectivity index (χ3n) is 1.98. The zero-order valence-corrected chi connectivity index (χ0v) is 10.4. The van der Waals surface area contributed by atoms with E-state index in [1.165, 1.54) is 0 Å². The molecule has 0 heterocycles. The smallest absolute Gasteiger partial charge is 0.344 e. The van der Waals surface area contributed by atoms with Crippen molar-refractivity contribution in [2.45, 2.75) is 18.2 Å². The van der Waals surface area contributed by atoms with Crippen molar-refractivity contribution < 1.29 is 9.53 Å². The lowest BCUT2D eigenvalue weighted by atomic mass is 10.1. The van der Waals surface area contributed by atoms with Crippen molar-refractivity contribution in [1.82, 2.24) is 0 Å². The van der Waals surface area contributed by atoms with Crippen LogP contribution in [0.1, 0.15) is 11.1 Å². The lowest BCUT2D eigenvalue weighted by Gasteiger charge is -2.10. The molecule has 0 amide bonds. The van der Waals surface area contributed by atoms with Gasteiger partial charge >= 0.3 is 5.97 Å². The fourth-order valence-electron chi connectivity index (χ4n) is 1.23. The third-order valence-corrected chi connectivity index (χ3v) is 2.33. The van der Waals surface area contributed by atoms with Crippen molar-refractivity contribution in [2.24, 2.45) is 0 Å². The van der Waals surface area contributed by atoms with Gasteiger partial charge in [0.15, 0.2) is 0 Å². The van der Waals surface area contributed by atoms with Gasteiger partial charge in [0.25, 0.3) is 0 Å². The van der Waals surface area contributed by atoms with Crippen LogP contribution in [-0.2, 0) is 11.2 Å². The molecule has 16 heavy (non-hydrogen) atoms. The van der Waals surface area contributed by atoms with Gasteiger partial charge in [-0.05, 0) is 30.5 Å². The summed E-state index contributed by atoms with van der Waals surface area (Å²) >= 11 is 10.8. The number of carbonyl (C=O) groups is 1. The van der Waals surface area contributed by atoms with E-state index in [2.05, 4.69) is 6.58 Å². The molecule has 0 radical (unpaired) electrons. The predicted octanol–water partition coefficient (Wildman–Crippen LogP) is 3.43. The van der Waals surface area contributed by atoms with Gasteiger partial charge in [0.1, 0.15) is 5.75 Å². The molecule has 4 heteroatoms. The summed E-state index contributed by atoms with van der Waals surface area (Å²) in [6.07, 6.45) is 2.36. The second-order valence-corrected chi connectivity index (χ2v) is 4.42. The monoisotopic (exact) mass is 258 g/mol. The Hall–Kier alpha value is -0.990. The number of aryl methyl sites for hydroxylation is 1. The first kappa shape index (κ1) is 13.1. The average Bonchev–Trinajstić information content (AvgIpc) is 2.22. The number of esters is 1. The third kappa shape index (κ3) is 3.54. The molecule has 0 aliphatic rings. The van der Waals surface area contributed by atoms with Gasteiger partial charge in [-0.25, -0.2) is 4.79 Å². The number of rotatable bonds is 4. The number of hydrogen-bond donors (Lipinski definition) is 0. The highest BCUT2D eigenvalue weighted by molar-refractivity contribution is 6.53. The molecule has 0 atom stereocenters. The van der Waals surface area contributed by atoms with Crippen LogP contribution in [0, 0.1) is 6.92 Å². The quantitative estimate of drug-likeness (QED) is 0.358. The number of allylic oxidation sites excluding steroid dienone is 1. The molecule has 0 saturated heterocycles. The zero-order valence-electron chi connectivity index (χ0n) is 8.87. The van der Waals surface area contributed by atoms with Crippen LogP contribution in [0.3, 0.4) is 0 Å². The van der Waals surface area contributed by atoms with E-state index in [1.807, 2.05) is 19.1 Å². The molecule has 0 spiro atoms.